The zero-order chi connectivity index (χ0) is 19.9. The minimum absolute atomic E-state index is 0.425. The van der Waals surface area contributed by atoms with Gasteiger partial charge in [-0.05, 0) is 54.4 Å². The third-order valence-corrected chi connectivity index (χ3v) is 6.11. The Balaban J connectivity index is 1.89. The van der Waals surface area contributed by atoms with Crippen LogP contribution in [0.25, 0.3) is 0 Å². The average Bonchev–Trinajstić information content (AvgIpc) is 2.80. The number of aliphatic imine (C=N–C) groups is 1. The van der Waals surface area contributed by atoms with E-state index < -0.39 is 5.54 Å². The standard InChI is InChI=1S/C22H16Cl4N2/c1-22(14-4-8-16(24)9-5-14)12-21(13-2-6-15(23)7-3-13)27-19-10-17(25)18(26)11-20(19)28-22/h2-11,28H,12H2,1H3. The molecular weight excluding hydrogens is 434 g/mol. The molecule has 0 fully saturated rings. The molecule has 0 aromatic heterocycles. The van der Waals surface area contributed by atoms with Gasteiger partial charge < -0.3 is 5.32 Å². The fourth-order valence-corrected chi connectivity index (χ4v) is 3.96. The van der Waals surface area contributed by atoms with Crippen molar-refractivity contribution >= 4 is 63.5 Å². The maximum absolute atomic E-state index is 6.28. The van der Waals surface area contributed by atoms with Gasteiger partial charge in [-0.2, -0.15) is 0 Å². The Kier molecular flexibility index (Phi) is 5.32. The zero-order valence-electron chi connectivity index (χ0n) is 14.9. The van der Waals surface area contributed by atoms with Crippen molar-refractivity contribution in [2.75, 3.05) is 5.32 Å². The number of halogens is 4. The number of nitrogens with zero attached hydrogens (tertiary/aromatic N) is 1. The van der Waals surface area contributed by atoms with Crippen LogP contribution in [0, 0.1) is 0 Å². The van der Waals surface area contributed by atoms with E-state index in [0.29, 0.717) is 26.5 Å². The molecule has 1 aliphatic rings. The lowest BCUT2D eigenvalue weighted by molar-refractivity contribution is 0.571. The van der Waals surface area contributed by atoms with Crippen LogP contribution in [0.5, 0.6) is 0 Å². The van der Waals surface area contributed by atoms with Gasteiger partial charge in [0.05, 0.1) is 32.7 Å². The number of nitrogens with one attached hydrogen (secondary N) is 1. The highest BCUT2D eigenvalue weighted by atomic mass is 35.5. The monoisotopic (exact) mass is 448 g/mol. The summed E-state index contributed by atoms with van der Waals surface area (Å²) in [6.07, 6.45) is 0.653. The second kappa shape index (κ2) is 7.61. The molecular formula is C22H16Cl4N2. The van der Waals surface area contributed by atoms with E-state index in [1.54, 1.807) is 6.07 Å². The van der Waals surface area contributed by atoms with Crippen LogP contribution in [0.4, 0.5) is 11.4 Å². The zero-order valence-corrected chi connectivity index (χ0v) is 18.0. The van der Waals surface area contributed by atoms with Crippen LogP contribution in [0.3, 0.4) is 0 Å². The Morgan fingerprint density at radius 3 is 2.04 bits per heavy atom. The summed E-state index contributed by atoms with van der Waals surface area (Å²) in [6.45, 7) is 2.14. The molecule has 3 aromatic rings. The first-order valence-corrected chi connectivity index (χ1v) is 10.2. The minimum atomic E-state index is -0.425. The molecule has 0 spiro atoms. The van der Waals surface area contributed by atoms with Crippen molar-refractivity contribution in [3.05, 3.63) is 91.9 Å². The van der Waals surface area contributed by atoms with Gasteiger partial charge in [-0.15, -0.1) is 0 Å². The Labute approximate surface area is 184 Å². The normalized spacial score (nSPS) is 18.7. The average molecular weight is 450 g/mol. The van der Waals surface area contributed by atoms with E-state index in [1.807, 2.05) is 54.6 Å². The number of hydrogen-bond acceptors (Lipinski definition) is 2. The van der Waals surface area contributed by atoms with E-state index in [9.17, 15) is 0 Å². The van der Waals surface area contributed by atoms with Crippen molar-refractivity contribution in [2.24, 2.45) is 4.99 Å². The summed E-state index contributed by atoms with van der Waals surface area (Å²) in [5.74, 6) is 0. The van der Waals surface area contributed by atoms with Gasteiger partial charge >= 0.3 is 0 Å². The van der Waals surface area contributed by atoms with Gasteiger partial charge in [-0.1, -0.05) is 70.7 Å². The third-order valence-electron chi connectivity index (χ3n) is 4.88. The smallest absolute Gasteiger partial charge is 0.0880 e. The first kappa shape index (κ1) is 19.6. The highest BCUT2D eigenvalue weighted by Gasteiger charge is 2.32. The van der Waals surface area contributed by atoms with Crippen LogP contribution in [0.1, 0.15) is 24.5 Å². The molecule has 0 amide bonds. The Morgan fingerprint density at radius 1 is 0.821 bits per heavy atom. The molecule has 28 heavy (non-hydrogen) atoms. The summed E-state index contributed by atoms with van der Waals surface area (Å²) >= 11 is 24.7. The quantitative estimate of drug-likeness (QED) is 0.419. The predicted octanol–water partition coefficient (Wildman–Crippen LogP) is 8.15. The largest absolute Gasteiger partial charge is 0.374 e. The van der Waals surface area contributed by atoms with Crippen molar-refractivity contribution in [1.29, 1.82) is 0 Å². The lowest BCUT2D eigenvalue weighted by Crippen LogP contribution is -2.33. The summed E-state index contributed by atoms with van der Waals surface area (Å²) in [4.78, 5) is 4.92. The topological polar surface area (TPSA) is 24.4 Å². The van der Waals surface area contributed by atoms with Crippen LogP contribution in [-0.2, 0) is 5.54 Å². The summed E-state index contributed by atoms with van der Waals surface area (Å²) in [6, 6.07) is 19.1. The molecule has 142 valence electrons. The van der Waals surface area contributed by atoms with E-state index in [0.717, 1.165) is 28.2 Å². The van der Waals surface area contributed by atoms with E-state index in [1.165, 1.54) is 0 Å². The fraction of sp³-hybridized carbons (Fsp3) is 0.136. The van der Waals surface area contributed by atoms with Gasteiger partial charge in [0, 0.05) is 16.5 Å². The highest BCUT2D eigenvalue weighted by molar-refractivity contribution is 6.42. The minimum Gasteiger partial charge on any atom is -0.374 e. The summed E-state index contributed by atoms with van der Waals surface area (Å²) in [7, 11) is 0. The Hall–Kier alpha value is -1.71. The maximum Gasteiger partial charge on any atom is 0.0880 e. The molecule has 0 saturated carbocycles. The molecule has 1 unspecified atom stereocenters. The molecule has 3 aromatic carbocycles. The predicted molar refractivity (Wildman–Crippen MR) is 121 cm³/mol. The van der Waals surface area contributed by atoms with Gasteiger partial charge in [-0.25, -0.2) is 0 Å². The van der Waals surface area contributed by atoms with Gasteiger partial charge in [0.2, 0.25) is 0 Å². The number of anilines is 1. The first-order chi connectivity index (χ1) is 13.3. The number of hydrogen-bond donors (Lipinski definition) is 1. The fourth-order valence-electron chi connectivity index (χ4n) is 3.39. The molecule has 4 rings (SSSR count). The molecule has 0 bridgehead atoms. The highest BCUT2D eigenvalue weighted by Crippen LogP contribution is 2.42. The first-order valence-electron chi connectivity index (χ1n) is 8.71. The van der Waals surface area contributed by atoms with Crippen molar-refractivity contribution in [1.82, 2.24) is 0 Å². The maximum atomic E-state index is 6.28. The molecule has 0 radical (unpaired) electrons. The second-order valence-electron chi connectivity index (χ2n) is 6.99. The van der Waals surface area contributed by atoms with Crippen LogP contribution in [0.15, 0.2) is 65.7 Å². The van der Waals surface area contributed by atoms with Crippen molar-refractivity contribution in [3.63, 3.8) is 0 Å². The Morgan fingerprint density at radius 2 is 1.39 bits per heavy atom. The summed E-state index contributed by atoms with van der Waals surface area (Å²) < 4.78 is 0. The molecule has 1 atom stereocenters. The molecule has 1 aliphatic heterocycles. The molecule has 0 aliphatic carbocycles. The molecule has 1 heterocycles. The van der Waals surface area contributed by atoms with Gasteiger partial charge in [0.1, 0.15) is 0 Å². The number of rotatable bonds is 2. The molecule has 6 heteroatoms. The summed E-state index contributed by atoms with van der Waals surface area (Å²) in [5, 5.41) is 5.96. The Bertz CT molecular complexity index is 1060. The van der Waals surface area contributed by atoms with E-state index >= 15 is 0 Å². The lowest BCUT2D eigenvalue weighted by atomic mass is 9.85. The van der Waals surface area contributed by atoms with Crippen LogP contribution in [-0.4, -0.2) is 5.71 Å². The number of fused-ring (bicyclic) bond motifs is 1. The van der Waals surface area contributed by atoms with Crippen molar-refractivity contribution < 1.29 is 0 Å². The molecule has 0 saturated heterocycles. The van der Waals surface area contributed by atoms with Crippen LogP contribution < -0.4 is 5.32 Å². The van der Waals surface area contributed by atoms with E-state index in [2.05, 4.69) is 12.2 Å². The third kappa shape index (κ3) is 3.88. The molecule has 2 nitrogen and oxygen atoms in total. The second-order valence-corrected chi connectivity index (χ2v) is 8.68. The summed E-state index contributed by atoms with van der Waals surface area (Å²) in [5.41, 5.74) is 4.18. The van der Waals surface area contributed by atoms with Gasteiger partial charge in [-0.3, -0.25) is 4.99 Å². The number of benzene rings is 3. The lowest BCUT2D eigenvalue weighted by Gasteiger charge is -2.32. The van der Waals surface area contributed by atoms with Crippen molar-refractivity contribution in [3.8, 4) is 0 Å². The molecule has 1 N–H and O–H groups in total. The van der Waals surface area contributed by atoms with Crippen LogP contribution >= 0.6 is 46.4 Å². The van der Waals surface area contributed by atoms with Crippen LogP contribution in [0.2, 0.25) is 20.1 Å². The SMILES string of the molecule is CC1(c2ccc(Cl)cc2)CC(c2ccc(Cl)cc2)=Nc2cc(Cl)c(Cl)cc2N1. The van der Waals surface area contributed by atoms with Crippen molar-refractivity contribution in [2.45, 2.75) is 18.9 Å². The van der Waals surface area contributed by atoms with Gasteiger partial charge in [0.25, 0.3) is 0 Å². The van der Waals surface area contributed by atoms with Gasteiger partial charge in [0.15, 0.2) is 0 Å². The van der Waals surface area contributed by atoms with E-state index in [-0.39, 0.29) is 0 Å². The van der Waals surface area contributed by atoms with E-state index in [4.69, 9.17) is 51.4 Å².